The first-order valence-corrected chi connectivity index (χ1v) is 12.0. The Labute approximate surface area is 202 Å². The number of rotatable bonds is 4. The maximum atomic E-state index is 13.7. The van der Waals surface area contributed by atoms with E-state index in [4.69, 9.17) is 16.3 Å². The van der Waals surface area contributed by atoms with Crippen molar-refractivity contribution >= 4 is 46.8 Å². The quantitative estimate of drug-likeness (QED) is 0.683. The number of fused-ring (bicyclic) bond motifs is 5. The molecule has 0 aromatic heterocycles. The van der Waals surface area contributed by atoms with Crippen LogP contribution in [-0.4, -0.2) is 54.0 Å². The Kier molecular flexibility index (Phi) is 5.19. The van der Waals surface area contributed by atoms with Crippen molar-refractivity contribution in [1.29, 1.82) is 0 Å². The largest absolute Gasteiger partial charge is 0.376 e. The van der Waals surface area contributed by atoms with Crippen molar-refractivity contribution in [1.82, 2.24) is 4.90 Å². The highest BCUT2D eigenvalue weighted by Gasteiger charge is 2.64. The van der Waals surface area contributed by atoms with E-state index in [2.05, 4.69) is 5.32 Å². The lowest BCUT2D eigenvalue weighted by Crippen LogP contribution is -2.51. The number of hydrogen-bond donors (Lipinski definition) is 1. The van der Waals surface area contributed by atoms with Gasteiger partial charge in [0.05, 0.1) is 30.5 Å². The zero-order valence-corrected chi connectivity index (χ0v) is 19.1. The first-order chi connectivity index (χ1) is 16.5. The molecule has 7 nitrogen and oxygen atoms in total. The lowest BCUT2D eigenvalue weighted by Gasteiger charge is -2.36. The number of benzene rings is 2. The fraction of sp³-hybridized carbons (Fsp3) is 0.346. The van der Waals surface area contributed by atoms with Gasteiger partial charge in [0.1, 0.15) is 6.04 Å². The number of para-hydroxylation sites is 1. The Morgan fingerprint density at radius 1 is 1.06 bits per heavy atom. The molecule has 3 saturated heterocycles. The van der Waals surface area contributed by atoms with Gasteiger partial charge in [-0.3, -0.25) is 19.3 Å². The van der Waals surface area contributed by atoms with Gasteiger partial charge in [0.15, 0.2) is 0 Å². The molecule has 4 aliphatic heterocycles. The van der Waals surface area contributed by atoms with Crippen LogP contribution in [0.1, 0.15) is 18.4 Å². The van der Waals surface area contributed by atoms with Crippen LogP contribution in [0.5, 0.6) is 0 Å². The Hall–Kier alpha value is -3.16. The summed E-state index contributed by atoms with van der Waals surface area (Å²) < 4.78 is 5.69. The standard InChI is InChI=1S/C26H24ClN3O4/c27-16-8-10-17(11-9-16)28-24(31)23-22-21(20-12-7-15-4-1-2-6-19(15)30(20)23)25(32)29(26(22)33)14-18-5-3-13-34-18/h1-2,4,6-12,18,20-23H,3,5,13-14H2,(H,28,31)/t18-,20+,21-,22+,23-/m0/s1. The van der Waals surface area contributed by atoms with E-state index in [1.807, 2.05) is 41.3 Å². The summed E-state index contributed by atoms with van der Waals surface area (Å²) in [5.74, 6) is -2.19. The van der Waals surface area contributed by atoms with Gasteiger partial charge >= 0.3 is 0 Å². The molecule has 6 rings (SSSR count). The highest BCUT2D eigenvalue weighted by Crippen LogP contribution is 2.48. The van der Waals surface area contributed by atoms with Crippen LogP contribution in [0, 0.1) is 11.8 Å². The summed E-state index contributed by atoms with van der Waals surface area (Å²) in [6.45, 7) is 0.902. The van der Waals surface area contributed by atoms with Crippen molar-refractivity contribution in [2.75, 3.05) is 23.4 Å². The fourth-order valence-electron chi connectivity index (χ4n) is 5.80. The summed E-state index contributed by atoms with van der Waals surface area (Å²) in [6.07, 6.45) is 5.56. The van der Waals surface area contributed by atoms with E-state index in [0.717, 1.165) is 24.1 Å². The number of ether oxygens (including phenoxy) is 1. The number of hydrogen-bond acceptors (Lipinski definition) is 5. The molecule has 1 N–H and O–H groups in total. The van der Waals surface area contributed by atoms with Crippen molar-refractivity contribution in [3.05, 3.63) is 65.2 Å². The lowest BCUT2D eigenvalue weighted by molar-refractivity contribution is -0.142. The Morgan fingerprint density at radius 3 is 2.59 bits per heavy atom. The second-order valence-corrected chi connectivity index (χ2v) is 9.67. The van der Waals surface area contributed by atoms with E-state index < -0.39 is 17.9 Å². The van der Waals surface area contributed by atoms with E-state index in [1.165, 1.54) is 4.90 Å². The minimum absolute atomic E-state index is 0.133. The SMILES string of the molecule is O=C(Nc1ccc(Cl)cc1)[C@@H]1[C@@H]2C(=O)N(C[C@@H]3CCCO3)C(=O)[C@H]2[C@H]2C=Cc3ccccc3N21. The Morgan fingerprint density at radius 2 is 1.82 bits per heavy atom. The van der Waals surface area contributed by atoms with Crippen LogP contribution in [0.2, 0.25) is 5.02 Å². The van der Waals surface area contributed by atoms with E-state index in [-0.39, 0.29) is 36.4 Å². The number of halogens is 1. The molecule has 0 radical (unpaired) electrons. The maximum absolute atomic E-state index is 13.7. The molecule has 34 heavy (non-hydrogen) atoms. The molecule has 5 atom stereocenters. The molecule has 3 fully saturated rings. The van der Waals surface area contributed by atoms with Crippen molar-refractivity contribution < 1.29 is 19.1 Å². The molecule has 4 heterocycles. The highest BCUT2D eigenvalue weighted by atomic mass is 35.5. The number of amides is 3. The molecule has 0 unspecified atom stereocenters. The predicted molar refractivity (Wildman–Crippen MR) is 128 cm³/mol. The van der Waals surface area contributed by atoms with Crippen LogP contribution in [0.25, 0.3) is 6.08 Å². The number of imide groups is 1. The molecule has 2 aromatic rings. The molecule has 0 aliphatic carbocycles. The number of carbonyl (C=O) groups excluding carboxylic acids is 3. The summed E-state index contributed by atoms with van der Waals surface area (Å²) in [5, 5.41) is 3.51. The maximum Gasteiger partial charge on any atom is 0.247 e. The second-order valence-electron chi connectivity index (χ2n) is 9.23. The number of anilines is 2. The molecule has 0 spiro atoms. The topological polar surface area (TPSA) is 79.0 Å². The van der Waals surface area contributed by atoms with E-state index in [0.29, 0.717) is 17.3 Å². The second kappa shape index (κ2) is 8.25. The van der Waals surface area contributed by atoms with E-state index >= 15 is 0 Å². The zero-order valence-electron chi connectivity index (χ0n) is 18.4. The molecule has 3 amide bonds. The van der Waals surface area contributed by atoms with E-state index in [9.17, 15) is 14.4 Å². The average molecular weight is 478 g/mol. The number of likely N-dealkylation sites (tertiary alicyclic amines) is 1. The number of nitrogens with one attached hydrogen (secondary N) is 1. The summed E-state index contributed by atoms with van der Waals surface area (Å²) in [6, 6.07) is 13.4. The number of nitrogens with zero attached hydrogens (tertiary/aromatic N) is 2. The van der Waals surface area contributed by atoms with Crippen LogP contribution in [0.4, 0.5) is 11.4 Å². The van der Waals surface area contributed by atoms with Crippen LogP contribution in [0.3, 0.4) is 0 Å². The predicted octanol–water partition coefficient (Wildman–Crippen LogP) is 3.34. The molecule has 0 bridgehead atoms. The Bertz CT molecular complexity index is 1190. The molecular weight excluding hydrogens is 454 g/mol. The lowest BCUT2D eigenvalue weighted by atomic mass is 9.88. The van der Waals surface area contributed by atoms with Gasteiger partial charge in [-0.05, 0) is 48.7 Å². The molecule has 2 aromatic carbocycles. The van der Waals surface area contributed by atoms with Gasteiger partial charge in [0.2, 0.25) is 17.7 Å². The van der Waals surface area contributed by atoms with Crippen LogP contribution in [-0.2, 0) is 19.1 Å². The van der Waals surface area contributed by atoms with Gasteiger partial charge in [-0.25, -0.2) is 0 Å². The first-order valence-electron chi connectivity index (χ1n) is 11.6. The third-order valence-electron chi connectivity index (χ3n) is 7.30. The third kappa shape index (κ3) is 3.34. The van der Waals surface area contributed by atoms with Crippen molar-refractivity contribution in [3.8, 4) is 0 Å². The minimum atomic E-state index is -0.817. The fourth-order valence-corrected chi connectivity index (χ4v) is 5.92. The van der Waals surface area contributed by atoms with Crippen molar-refractivity contribution in [2.24, 2.45) is 11.8 Å². The molecule has 0 saturated carbocycles. The monoisotopic (exact) mass is 477 g/mol. The molecule has 8 heteroatoms. The zero-order chi connectivity index (χ0) is 23.4. The van der Waals surface area contributed by atoms with Gasteiger partial charge < -0.3 is 15.0 Å². The van der Waals surface area contributed by atoms with Gasteiger partial charge in [-0.2, -0.15) is 0 Å². The van der Waals surface area contributed by atoms with Gasteiger partial charge in [-0.15, -0.1) is 0 Å². The van der Waals surface area contributed by atoms with E-state index in [1.54, 1.807) is 24.3 Å². The van der Waals surface area contributed by atoms with Gasteiger partial charge in [0, 0.05) is 23.0 Å². The summed E-state index contributed by atoms with van der Waals surface area (Å²) in [4.78, 5) is 44.2. The van der Waals surface area contributed by atoms with Gasteiger partial charge in [0.25, 0.3) is 0 Å². The molecular formula is C26H24ClN3O4. The van der Waals surface area contributed by atoms with Crippen LogP contribution < -0.4 is 10.2 Å². The van der Waals surface area contributed by atoms with Crippen LogP contribution in [0.15, 0.2) is 54.6 Å². The highest BCUT2D eigenvalue weighted by molar-refractivity contribution is 6.30. The third-order valence-corrected chi connectivity index (χ3v) is 7.55. The minimum Gasteiger partial charge on any atom is -0.376 e. The van der Waals surface area contributed by atoms with Crippen LogP contribution >= 0.6 is 11.6 Å². The Balaban J connectivity index is 1.37. The molecule has 174 valence electrons. The van der Waals surface area contributed by atoms with Gasteiger partial charge in [-0.1, -0.05) is 42.0 Å². The van der Waals surface area contributed by atoms with Crippen molar-refractivity contribution in [3.63, 3.8) is 0 Å². The smallest absolute Gasteiger partial charge is 0.247 e. The molecule has 4 aliphatic rings. The first kappa shape index (κ1) is 21.4. The normalized spacial score (nSPS) is 29.3. The summed E-state index contributed by atoms with van der Waals surface area (Å²) >= 11 is 5.99. The summed E-state index contributed by atoms with van der Waals surface area (Å²) in [7, 11) is 0. The van der Waals surface area contributed by atoms with Crippen molar-refractivity contribution in [2.45, 2.75) is 31.0 Å². The number of carbonyl (C=O) groups is 3. The average Bonchev–Trinajstić information content (AvgIpc) is 3.54. The summed E-state index contributed by atoms with van der Waals surface area (Å²) in [5.41, 5.74) is 2.40.